The Labute approximate surface area is 224 Å². The van der Waals surface area contributed by atoms with Gasteiger partial charge in [0.25, 0.3) is 0 Å². The van der Waals surface area contributed by atoms with Gasteiger partial charge in [0.05, 0.1) is 44.3 Å². The van der Waals surface area contributed by atoms with Crippen LogP contribution in [-0.2, 0) is 16.1 Å². The predicted molar refractivity (Wildman–Crippen MR) is 146 cm³/mol. The fourth-order valence-electron chi connectivity index (χ4n) is 3.70. The highest BCUT2D eigenvalue weighted by atomic mass is 35.5. The topological polar surface area (TPSA) is 89.5 Å². The monoisotopic (exact) mass is 539 g/mol. The maximum Gasteiger partial charge on any atom is 0.238 e. The highest BCUT2D eigenvalue weighted by Crippen LogP contribution is 2.34. The van der Waals surface area contributed by atoms with Crippen molar-refractivity contribution >= 4 is 51.7 Å². The summed E-state index contributed by atoms with van der Waals surface area (Å²) in [6.45, 7) is 0.250. The molecule has 10 heteroatoms. The second kappa shape index (κ2) is 12.0. The van der Waals surface area contributed by atoms with Crippen LogP contribution in [0.1, 0.15) is 12.0 Å². The number of aliphatic imine (C=N–C) groups is 1. The van der Waals surface area contributed by atoms with Crippen LogP contribution in [0.2, 0.25) is 5.02 Å². The molecule has 1 saturated heterocycles. The second-order valence-corrected chi connectivity index (χ2v) is 9.62. The number of nitrogens with one attached hydrogen (secondary N) is 1. The van der Waals surface area contributed by atoms with E-state index in [2.05, 4.69) is 5.32 Å². The van der Waals surface area contributed by atoms with Gasteiger partial charge in [-0.2, -0.15) is 0 Å². The van der Waals surface area contributed by atoms with Crippen LogP contribution >= 0.6 is 23.4 Å². The number of ether oxygens (including phenoxy) is 3. The van der Waals surface area contributed by atoms with E-state index in [4.69, 9.17) is 30.8 Å². The summed E-state index contributed by atoms with van der Waals surface area (Å²) < 4.78 is 16.0. The molecule has 0 radical (unpaired) electrons. The van der Waals surface area contributed by atoms with Gasteiger partial charge in [0.1, 0.15) is 11.0 Å². The van der Waals surface area contributed by atoms with E-state index in [-0.39, 0.29) is 24.8 Å². The zero-order chi connectivity index (χ0) is 26.4. The number of amidine groups is 1. The molecule has 1 atom stereocenters. The lowest BCUT2D eigenvalue weighted by molar-refractivity contribution is -0.129. The number of para-hydroxylation sites is 1. The first kappa shape index (κ1) is 26.4. The van der Waals surface area contributed by atoms with E-state index < -0.39 is 5.25 Å². The number of hydrogen-bond donors (Lipinski definition) is 1. The van der Waals surface area contributed by atoms with Crippen molar-refractivity contribution in [3.05, 3.63) is 77.3 Å². The number of carbonyl (C=O) groups is 2. The van der Waals surface area contributed by atoms with Crippen LogP contribution in [0.15, 0.2) is 71.7 Å². The number of carbonyl (C=O) groups excluding carboxylic acids is 2. The molecule has 37 heavy (non-hydrogen) atoms. The summed E-state index contributed by atoms with van der Waals surface area (Å²) in [5.74, 6) is 1.30. The molecule has 0 saturated carbocycles. The van der Waals surface area contributed by atoms with E-state index in [1.54, 1.807) is 80.8 Å². The van der Waals surface area contributed by atoms with Gasteiger partial charge >= 0.3 is 0 Å². The molecule has 1 unspecified atom stereocenters. The molecule has 0 spiro atoms. The second-order valence-electron chi connectivity index (χ2n) is 8.04. The van der Waals surface area contributed by atoms with Gasteiger partial charge in [0, 0.05) is 6.42 Å². The Morgan fingerprint density at radius 1 is 1.03 bits per heavy atom. The van der Waals surface area contributed by atoms with Gasteiger partial charge in [-0.3, -0.25) is 14.5 Å². The summed E-state index contributed by atoms with van der Waals surface area (Å²) in [6, 6.07) is 19.6. The van der Waals surface area contributed by atoms with Crippen molar-refractivity contribution in [2.75, 3.05) is 26.6 Å². The number of nitrogens with zero attached hydrogens (tertiary/aromatic N) is 2. The minimum atomic E-state index is -0.678. The molecule has 4 rings (SSSR count). The standard InChI is InChI=1S/C27H26ClN3O5S/c1-34-19-11-9-18(10-12-19)29-27-31(16-17-8-13-22(35-2)23(14-17)36-3)25(32)15-24(37-27)26(33)30-21-7-5-4-6-20(21)28/h4-14,24H,15-16H2,1-3H3,(H,30,33). The normalized spacial score (nSPS) is 16.4. The smallest absolute Gasteiger partial charge is 0.238 e. The Morgan fingerprint density at radius 3 is 2.43 bits per heavy atom. The van der Waals surface area contributed by atoms with Crippen LogP contribution in [0.3, 0.4) is 0 Å². The molecule has 0 aliphatic carbocycles. The van der Waals surface area contributed by atoms with Crippen LogP contribution in [0.5, 0.6) is 17.2 Å². The van der Waals surface area contributed by atoms with Gasteiger partial charge in [0.2, 0.25) is 11.8 Å². The molecule has 3 aromatic carbocycles. The van der Waals surface area contributed by atoms with Gasteiger partial charge < -0.3 is 19.5 Å². The SMILES string of the molecule is COc1ccc(N=C2SC(C(=O)Nc3ccccc3Cl)CC(=O)N2Cc2ccc(OC)c(OC)c2)cc1. The zero-order valence-corrected chi connectivity index (χ0v) is 22.1. The number of thioether (sulfide) groups is 1. The van der Waals surface area contributed by atoms with Gasteiger partial charge in [-0.1, -0.05) is 41.6 Å². The Morgan fingerprint density at radius 2 is 1.76 bits per heavy atom. The predicted octanol–water partition coefficient (Wildman–Crippen LogP) is 5.53. The van der Waals surface area contributed by atoms with E-state index in [1.807, 2.05) is 12.1 Å². The Bertz CT molecular complexity index is 1320. The Hall–Kier alpha value is -3.69. The fourth-order valence-corrected chi connectivity index (χ4v) is 4.98. The molecule has 0 aromatic heterocycles. The minimum Gasteiger partial charge on any atom is -0.497 e. The lowest BCUT2D eigenvalue weighted by atomic mass is 10.1. The average Bonchev–Trinajstić information content (AvgIpc) is 2.92. The zero-order valence-electron chi connectivity index (χ0n) is 20.6. The molecule has 8 nitrogen and oxygen atoms in total. The summed E-state index contributed by atoms with van der Waals surface area (Å²) in [6.07, 6.45) is 0.00980. The quantitative estimate of drug-likeness (QED) is 0.405. The van der Waals surface area contributed by atoms with Gasteiger partial charge in [-0.15, -0.1) is 0 Å². The van der Waals surface area contributed by atoms with Crippen LogP contribution in [0, 0.1) is 0 Å². The molecule has 1 aliphatic heterocycles. The summed E-state index contributed by atoms with van der Waals surface area (Å²) in [7, 11) is 4.71. The molecule has 1 aliphatic rings. The van der Waals surface area contributed by atoms with Gasteiger partial charge in [-0.05, 0) is 54.1 Å². The van der Waals surface area contributed by atoms with E-state index in [0.717, 1.165) is 5.56 Å². The van der Waals surface area contributed by atoms with Crippen LogP contribution in [0.4, 0.5) is 11.4 Å². The molecule has 1 N–H and O–H groups in total. The molecule has 1 heterocycles. The van der Waals surface area contributed by atoms with Crippen molar-refractivity contribution in [1.82, 2.24) is 4.90 Å². The molecular formula is C27H26ClN3O5S. The first-order valence-electron chi connectivity index (χ1n) is 11.4. The Kier molecular flexibility index (Phi) is 8.58. The summed E-state index contributed by atoms with van der Waals surface area (Å²) >= 11 is 7.44. The largest absolute Gasteiger partial charge is 0.497 e. The van der Waals surface area contributed by atoms with Gasteiger partial charge in [0.15, 0.2) is 16.7 Å². The summed E-state index contributed by atoms with van der Waals surface area (Å²) in [5.41, 5.74) is 1.94. The van der Waals surface area contributed by atoms with Crippen molar-refractivity contribution in [3.8, 4) is 17.2 Å². The number of methoxy groups -OCH3 is 3. The Balaban J connectivity index is 1.63. The van der Waals surface area contributed by atoms with Gasteiger partial charge in [-0.25, -0.2) is 4.99 Å². The first-order valence-corrected chi connectivity index (χ1v) is 12.6. The lowest BCUT2D eigenvalue weighted by Gasteiger charge is -2.32. The number of benzene rings is 3. The number of hydrogen-bond acceptors (Lipinski definition) is 7. The third kappa shape index (κ3) is 6.36. The minimum absolute atomic E-state index is 0.00980. The van der Waals surface area contributed by atoms with Crippen molar-refractivity contribution in [2.45, 2.75) is 18.2 Å². The fraction of sp³-hybridized carbons (Fsp3) is 0.222. The van der Waals surface area contributed by atoms with Crippen molar-refractivity contribution in [2.24, 2.45) is 4.99 Å². The maximum absolute atomic E-state index is 13.4. The van der Waals surface area contributed by atoms with Crippen molar-refractivity contribution < 1.29 is 23.8 Å². The van der Waals surface area contributed by atoms with Crippen molar-refractivity contribution in [3.63, 3.8) is 0 Å². The number of anilines is 1. The lowest BCUT2D eigenvalue weighted by Crippen LogP contribution is -2.44. The first-order chi connectivity index (χ1) is 17.9. The number of amides is 2. The maximum atomic E-state index is 13.4. The molecule has 1 fully saturated rings. The van der Waals surface area contributed by atoms with E-state index in [1.165, 1.54) is 11.8 Å². The highest BCUT2D eigenvalue weighted by Gasteiger charge is 2.36. The van der Waals surface area contributed by atoms with E-state index in [0.29, 0.717) is 38.8 Å². The van der Waals surface area contributed by atoms with Crippen LogP contribution < -0.4 is 19.5 Å². The highest BCUT2D eigenvalue weighted by molar-refractivity contribution is 8.15. The number of halogens is 1. The molecule has 2 amide bonds. The summed E-state index contributed by atoms with van der Waals surface area (Å²) in [4.78, 5) is 32.8. The number of rotatable bonds is 8. The summed E-state index contributed by atoms with van der Waals surface area (Å²) in [5, 5.41) is 2.98. The van der Waals surface area contributed by atoms with Crippen molar-refractivity contribution in [1.29, 1.82) is 0 Å². The average molecular weight is 540 g/mol. The third-order valence-electron chi connectivity index (χ3n) is 5.65. The van der Waals surface area contributed by atoms with Crippen LogP contribution in [-0.4, -0.2) is 48.5 Å². The van der Waals surface area contributed by atoms with Crippen LogP contribution in [0.25, 0.3) is 0 Å². The van der Waals surface area contributed by atoms with E-state index >= 15 is 0 Å². The molecule has 3 aromatic rings. The molecule has 0 bridgehead atoms. The molecular weight excluding hydrogens is 514 g/mol. The third-order valence-corrected chi connectivity index (χ3v) is 7.17. The molecule has 192 valence electrons. The van der Waals surface area contributed by atoms with E-state index in [9.17, 15) is 9.59 Å².